The van der Waals surface area contributed by atoms with Crippen molar-refractivity contribution < 1.29 is 27.8 Å². The topological polar surface area (TPSA) is 119 Å². The van der Waals surface area contributed by atoms with E-state index >= 15 is 4.39 Å². The van der Waals surface area contributed by atoms with Crippen LogP contribution in [0.4, 0.5) is 20.2 Å². The number of anilines is 2. The van der Waals surface area contributed by atoms with Gasteiger partial charge in [0.2, 0.25) is 0 Å². The molecule has 2 N–H and O–H groups in total. The number of aromatic nitrogens is 4. The molecule has 2 aromatic heterocycles. The summed E-state index contributed by atoms with van der Waals surface area (Å²) >= 11 is 0. The summed E-state index contributed by atoms with van der Waals surface area (Å²) in [6.45, 7) is 5.06. The minimum Gasteiger partial charge on any atom is -0.452 e. The van der Waals surface area contributed by atoms with Crippen molar-refractivity contribution >= 4 is 28.2 Å². The molecule has 0 atom stereocenters. The number of benzene rings is 3. The number of nitrogens with one attached hydrogen (secondary N) is 2. The van der Waals surface area contributed by atoms with Gasteiger partial charge in [-0.25, -0.2) is 13.5 Å². The zero-order valence-corrected chi connectivity index (χ0v) is 25.7. The summed E-state index contributed by atoms with van der Waals surface area (Å²) in [6.07, 6.45) is 1.67. The van der Waals surface area contributed by atoms with Gasteiger partial charge >= 0.3 is 0 Å². The van der Waals surface area contributed by atoms with E-state index < -0.39 is 23.1 Å². The summed E-state index contributed by atoms with van der Waals surface area (Å²) in [6, 6.07) is 13.3. The molecule has 0 bridgehead atoms. The van der Waals surface area contributed by atoms with Gasteiger partial charge in [-0.05, 0) is 48.5 Å². The maximum atomic E-state index is 15.6. The molecule has 4 heterocycles. The molecule has 2 aliphatic heterocycles. The molecule has 3 aromatic carbocycles. The van der Waals surface area contributed by atoms with Crippen LogP contribution in [0.15, 0.2) is 65.6 Å². The average molecular weight is 646 g/mol. The second-order valence-electron chi connectivity index (χ2n) is 11.4. The van der Waals surface area contributed by atoms with Crippen LogP contribution in [-0.4, -0.2) is 83.0 Å². The number of carbonyl (C=O) groups is 1. The first-order valence-corrected chi connectivity index (χ1v) is 15.3. The maximum Gasteiger partial charge on any atom is 0.284 e. The lowest BCUT2D eigenvalue weighted by Crippen LogP contribution is -2.37. The summed E-state index contributed by atoms with van der Waals surface area (Å²) in [5.41, 5.74) is 1.94. The lowest BCUT2D eigenvalue weighted by Gasteiger charge is -2.30. The Hall–Kier alpha value is -5.05. The molecule has 5 aromatic rings. The van der Waals surface area contributed by atoms with Gasteiger partial charge in [0.15, 0.2) is 17.3 Å². The number of hydrogen-bond acceptors (Lipinski definition) is 8. The van der Waals surface area contributed by atoms with Crippen molar-refractivity contribution in [2.45, 2.75) is 6.54 Å². The van der Waals surface area contributed by atoms with Gasteiger partial charge in [0.05, 0.1) is 55.2 Å². The summed E-state index contributed by atoms with van der Waals surface area (Å²) in [5, 5.41) is 10.6. The molecule has 0 unspecified atom stereocenters. The van der Waals surface area contributed by atoms with E-state index in [0.29, 0.717) is 76.3 Å². The van der Waals surface area contributed by atoms with E-state index in [1.54, 1.807) is 24.0 Å². The Morgan fingerprint density at radius 3 is 2.40 bits per heavy atom. The molecule has 7 rings (SSSR count). The van der Waals surface area contributed by atoms with Crippen molar-refractivity contribution in [3.8, 4) is 17.2 Å². The molecule has 0 aliphatic carbocycles. The smallest absolute Gasteiger partial charge is 0.284 e. The van der Waals surface area contributed by atoms with Gasteiger partial charge < -0.3 is 24.4 Å². The molecule has 1 amide bonds. The monoisotopic (exact) mass is 645 g/mol. The van der Waals surface area contributed by atoms with Crippen molar-refractivity contribution in [2.75, 3.05) is 62.8 Å². The number of fused-ring (bicyclic) bond motifs is 1. The van der Waals surface area contributed by atoms with Crippen LogP contribution in [0, 0.1) is 11.6 Å². The fourth-order valence-corrected chi connectivity index (χ4v) is 5.97. The van der Waals surface area contributed by atoms with E-state index in [2.05, 4.69) is 25.3 Å². The summed E-state index contributed by atoms with van der Waals surface area (Å²) < 4.78 is 49.2. The van der Waals surface area contributed by atoms with Crippen LogP contribution in [-0.2, 0) is 23.1 Å². The van der Waals surface area contributed by atoms with Crippen LogP contribution in [0.25, 0.3) is 16.6 Å². The second kappa shape index (κ2) is 13.0. The number of ether oxygens (including phenoxy) is 3. The minimum atomic E-state index is -0.701. The highest BCUT2D eigenvalue weighted by Crippen LogP contribution is 2.37. The Morgan fingerprint density at radius 2 is 1.68 bits per heavy atom. The first-order valence-electron chi connectivity index (χ1n) is 15.3. The van der Waals surface area contributed by atoms with E-state index in [-0.39, 0.29) is 17.0 Å². The average Bonchev–Trinajstić information content (AvgIpc) is 3.64. The van der Waals surface area contributed by atoms with Crippen molar-refractivity contribution in [1.29, 1.82) is 0 Å². The number of nitrogens with zero attached hydrogens (tertiary/aromatic N) is 5. The van der Waals surface area contributed by atoms with Crippen LogP contribution in [0.1, 0.15) is 16.1 Å². The Bertz CT molecular complexity index is 1980. The zero-order chi connectivity index (χ0) is 32.5. The number of rotatable bonds is 8. The predicted octanol–water partition coefficient (Wildman–Crippen LogP) is 4.04. The van der Waals surface area contributed by atoms with Crippen molar-refractivity contribution in [2.24, 2.45) is 7.05 Å². The lowest BCUT2D eigenvalue weighted by molar-refractivity contribution is 0.0330. The minimum absolute atomic E-state index is 0.0354. The normalized spacial score (nSPS) is 15.7. The van der Waals surface area contributed by atoms with Crippen LogP contribution in [0.3, 0.4) is 0 Å². The summed E-state index contributed by atoms with van der Waals surface area (Å²) in [7, 11) is 1.68. The SMILES string of the molecule is Cn1c(CN2CCOCC2)c(C(=O)Nc2ccc(Oc3cc4cn[nH]c4cc3N3CCOCC3)c(F)c2)c(=O)n1-c1ccc(F)cc1. The quantitative estimate of drug-likeness (QED) is 0.260. The van der Waals surface area contributed by atoms with Crippen LogP contribution in [0.5, 0.6) is 11.5 Å². The number of carbonyl (C=O) groups excluding carboxylic acids is 1. The standard InChI is InChI=1S/C33H33F2N7O5/c1-39-28(20-40-8-12-45-13-9-40)31(33(44)42(39)24-5-2-22(34)3-6-24)32(43)37-23-4-7-29(25(35)17-23)47-30-16-21-19-36-38-26(21)18-27(30)41-10-14-46-15-11-41/h2-7,16-19H,8-15,20H2,1H3,(H,36,38)(H,37,43). The molecule has 14 heteroatoms. The molecule has 0 spiro atoms. The Balaban J connectivity index is 1.17. The second-order valence-corrected chi connectivity index (χ2v) is 11.4. The van der Waals surface area contributed by atoms with Gasteiger partial charge in [-0.2, -0.15) is 5.10 Å². The molecule has 47 heavy (non-hydrogen) atoms. The van der Waals surface area contributed by atoms with Crippen LogP contribution < -0.4 is 20.5 Å². The van der Waals surface area contributed by atoms with Crippen molar-refractivity contribution in [1.82, 2.24) is 24.5 Å². The number of halogens is 2. The highest BCUT2D eigenvalue weighted by atomic mass is 19.1. The fraction of sp³-hybridized carbons (Fsp3) is 0.303. The molecular weight excluding hydrogens is 612 g/mol. The number of aromatic amines is 1. The van der Waals surface area contributed by atoms with Gasteiger partial charge in [0.1, 0.15) is 11.4 Å². The molecule has 0 radical (unpaired) electrons. The third-order valence-corrected chi connectivity index (χ3v) is 8.44. The van der Waals surface area contributed by atoms with Crippen LogP contribution >= 0.6 is 0 Å². The van der Waals surface area contributed by atoms with Crippen molar-refractivity contribution in [3.05, 3.63) is 94.0 Å². The third-order valence-electron chi connectivity index (χ3n) is 8.44. The molecule has 2 fully saturated rings. The lowest BCUT2D eigenvalue weighted by atomic mass is 10.2. The van der Waals surface area contributed by atoms with E-state index in [1.807, 2.05) is 6.07 Å². The van der Waals surface area contributed by atoms with Gasteiger partial charge in [-0.15, -0.1) is 0 Å². The molecule has 244 valence electrons. The Labute approximate surface area is 268 Å². The van der Waals surface area contributed by atoms with E-state index in [9.17, 15) is 14.0 Å². The molecular formula is C33H33F2N7O5. The number of hydrogen-bond donors (Lipinski definition) is 2. The Kier molecular flexibility index (Phi) is 8.45. The summed E-state index contributed by atoms with van der Waals surface area (Å²) in [4.78, 5) is 31.7. The number of morpholine rings is 2. The first kappa shape index (κ1) is 30.6. The summed E-state index contributed by atoms with van der Waals surface area (Å²) in [5.74, 6) is -1.42. The fourth-order valence-electron chi connectivity index (χ4n) is 5.97. The number of amides is 1. The van der Waals surface area contributed by atoms with Crippen LogP contribution in [0.2, 0.25) is 0 Å². The van der Waals surface area contributed by atoms with E-state index in [4.69, 9.17) is 14.2 Å². The first-order chi connectivity index (χ1) is 22.9. The predicted molar refractivity (Wildman–Crippen MR) is 171 cm³/mol. The largest absolute Gasteiger partial charge is 0.452 e. The van der Waals surface area contributed by atoms with Gasteiger partial charge in [0, 0.05) is 56.9 Å². The molecule has 2 saturated heterocycles. The Morgan fingerprint density at radius 1 is 0.957 bits per heavy atom. The highest BCUT2D eigenvalue weighted by Gasteiger charge is 2.27. The van der Waals surface area contributed by atoms with E-state index in [0.717, 1.165) is 22.7 Å². The van der Waals surface area contributed by atoms with Gasteiger partial charge in [-0.3, -0.25) is 24.3 Å². The zero-order valence-electron chi connectivity index (χ0n) is 25.7. The van der Waals surface area contributed by atoms with E-state index in [1.165, 1.54) is 41.1 Å². The third kappa shape index (κ3) is 6.22. The molecule has 12 nitrogen and oxygen atoms in total. The highest BCUT2D eigenvalue weighted by molar-refractivity contribution is 6.05. The number of H-pyrrole nitrogens is 1. The van der Waals surface area contributed by atoms with Gasteiger partial charge in [0.25, 0.3) is 11.5 Å². The van der Waals surface area contributed by atoms with Crippen molar-refractivity contribution in [3.63, 3.8) is 0 Å². The van der Waals surface area contributed by atoms with Gasteiger partial charge in [-0.1, -0.05) is 0 Å². The molecule has 0 saturated carbocycles. The maximum absolute atomic E-state index is 15.6. The molecule has 2 aliphatic rings.